The lowest BCUT2D eigenvalue weighted by atomic mass is 10.2. The number of anilines is 1. The summed E-state index contributed by atoms with van der Waals surface area (Å²) in [6.07, 6.45) is 1.02. The number of primary amides is 1. The highest BCUT2D eigenvalue weighted by Gasteiger charge is 2.21. The summed E-state index contributed by atoms with van der Waals surface area (Å²) in [6.45, 7) is -0.353. The summed E-state index contributed by atoms with van der Waals surface area (Å²) in [5.74, 6) is -8.79. The van der Waals surface area contributed by atoms with Gasteiger partial charge in [-0.25, -0.2) is 8.78 Å². The molecule has 0 unspecified atom stereocenters. The highest BCUT2D eigenvalue weighted by molar-refractivity contribution is 5.93. The van der Waals surface area contributed by atoms with Crippen LogP contribution in [0.3, 0.4) is 0 Å². The average Bonchev–Trinajstić information content (AvgIpc) is 2.72. The van der Waals surface area contributed by atoms with E-state index in [0.29, 0.717) is 30.6 Å². The van der Waals surface area contributed by atoms with Crippen molar-refractivity contribution in [1.29, 1.82) is 0 Å². The van der Waals surface area contributed by atoms with Crippen molar-refractivity contribution in [2.75, 3.05) is 18.9 Å². The Morgan fingerprint density at radius 2 is 1.56 bits per heavy atom. The molecule has 0 spiro atoms. The van der Waals surface area contributed by atoms with E-state index in [0.717, 1.165) is 0 Å². The number of carbonyl (C=O) groups excluding carboxylic acids is 2. The molecule has 0 aliphatic rings. The summed E-state index contributed by atoms with van der Waals surface area (Å²) in [5, 5.41) is 0. The summed E-state index contributed by atoms with van der Waals surface area (Å²) < 4.78 is 56.9. The zero-order chi connectivity index (χ0) is 24.3. The molecule has 12 heteroatoms. The number of Topliss-reactive ketones (excluding diaryl/α,β-unsaturated/α-hetero) is 1. The first-order valence-corrected chi connectivity index (χ1v) is 9.21. The van der Waals surface area contributed by atoms with Crippen molar-refractivity contribution in [1.82, 2.24) is 0 Å². The van der Waals surface area contributed by atoms with E-state index in [-0.39, 0.29) is 18.4 Å². The Kier molecular flexibility index (Phi) is 10.5. The van der Waals surface area contributed by atoms with Gasteiger partial charge in [-0.1, -0.05) is 6.07 Å². The number of benzene rings is 2. The second kappa shape index (κ2) is 12.8. The molecule has 0 aromatic heterocycles. The van der Waals surface area contributed by atoms with Gasteiger partial charge in [0.25, 0.3) is 0 Å². The Bertz CT molecular complexity index is 956. The van der Waals surface area contributed by atoms with Crippen LogP contribution in [-0.4, -0.2) is 30.8 Å². The van der Waals surface area contributed by atoms with Gasteiger partial charge >= 0.3 is 0 Å². The normalized spacial score (nSPS) is 10.0. The summed E-state index contributed by atoms with van der Waals surface area (Å²) in [7, 11) is 0. The number of nitrogens with two attached hydrogens (primary N) is 4. The van der Waals surface area contributed by atoms with E-state index < -0.39 is 47.3 Å². The van der Waals surface area contributed by atoms with Crippen molar-refractivity contribution in [2.45, 2.75) is 19.3 Å². The number of hydrogen-bond donors (Lipinski definition) is 4. The van der Waals surface area contributed by atoms with Crippen LogP contribution < -0.4 is 27.7 Å². The molecule has 0 aliphatic heterocycles. The van der Waals surface area contributed by atoms with Crippen molar-refractivity contribution in [2.24, 2.45) is 22.2 Å². The number of ketones is 1. The van der Waals surface area contributed by atoms with E-state index in [1.807, 2.05) is 0 Å². The fourth-order valence-electron chi connectivity index (χ4n) is 2.24. The molecular weight excluding hydrogens is 434 g/mol. The number of nitrogens with zero attached hydrogens (tertiary/aromatic N) is 1. The van der Waals surface area contributed by atoms with E-state index in [9.17, 15) is 27.2 Å². The standard InChI is InChI=1S/C13H15F4N3O2.C7H8N2O/c14-8-5-9(15)11(17)12(10(8)16)22-6-7(21)3-1-2-4-20-13(18)19;8-6-3-1-2-5(4-6)7(9)10/h5H,1-4,6H2,(H4,18,19,20);1-4H,8H2,(H2,9,10). The molecule has 0 bridgehead atoms. The van der Waals surface area contributed by atoms with E-state index in [2.05, 4.69) is 9.73 Å². The van der Waals surface area contributed by atoms with E-state index in [1.54, 1.807) is 24.3 Å². The van der Waals surface area contributed by atoms with Crippen LogP contribution >= 0.6 is 0 Å². The van der Waals surface area contributed by atoms with Crippen LogP contribution in [0, 0.1) is 23.3 Å². The zero-order valence-electron chi connectivity index (χ0n) is 16.9. The first-order valence-electron chi connectivity index (χ1n) is 9.21. The lowest BCUT2D eigenvalue weighted by molar-refractivity contribution is -0.121. The number of rotatable bonds is 9. The number of carbonyl (C=O) groups is 2. The number of guanidine groups is 1. The molecule has 174 valence electrons. The smallest absolute Gasteiger partial charge is 0.248 e. The average molecular weight is 457 g/mol. The Morgan fingerprint density at radius 3 is 2.06 bits per heavy atom. The number of ether oxygens (including phenoxy) is 1. The van der Waals surface area contributed by atoms with Gasteiger partial charge in [0.1, 0.15) is 6.61 Å². The van der Waals surface area contributed by atoms with Crippen LogP contribution in [0.4, 0.5) is 23.2 Å². The predicted octanol–water partition coefficient (Wildman–Crippen LogP) is 2.00. The number of aliphatic imine (C=N–C) groups is 1. The molecule has 2 aromatic carbocycles. The third-order valence-electron chi connectivity index (χ3n) is 3.78. The number of halogens is 4. The molecular formula is C20H23F4N5O3. The Balaban J connectivity index is 0.000000425. The zero-order valence-corrected chi connectivity index (χ0v) is 16.9. The van der Waals surface area contributed by atoms with Crippen molar-refractivity contribution in [3.63, 3.8) is 0 Å². The fraction of sp³-hybridized carbons (Fsp3) is 0.250. The minimum absolute atomic E-state index is 0.0566. The molecule has 1 amide bonds. The van der Waals surface area contributed by atoms with Crippen LogP contribution in [-0.2, 0) is 4.79 Å². The maximum atomic E-state index is 13.3. The van der Waals surface area contributed by atoms with Gasteiger partial charge in [-0.3, -0.25) is 14.6 Å². The third-order valence-corrected chi connectivity index (χ3v) is 3.78. The van der Waals surface area contributed by atoms with Gasteiger partial charge in [0.2, 0.25) is 17.5 Å². The van der Waals surface area contributed by atoms with Crippen LogP contribution in [0.2, 0.25) is 0 Å². The van der Waals surface area contributed by atoms with E-state index in [1.165, 1.54) is 0 Å². The second-order valence-electron chi connectivity index (χ2n) is 6.38. The number of unbranched alkanes of at least 4 members (excludes halogenated alkanes) is 1. The largest absolute Gasteiger partial charge is 0.480 e. The number of hydrogen-bond acceptors (Lipinski definition) is 5. The first kappa shape index (κ1) is 26.2. The topological polar surface area (TPSA) is 160 Å². The lowest BCUT2D eigenvalue weighted by Gasteiger charge is -2.08. The molecule has 0 heterocycles. The SMILES string of the molecule is NC(=O)c1cccc(N)c1.NC(N)=NCCCCC(=O)COc1c(F)c(F)cc(F)c1F. The predicted molar refractivity (Wildman–Crippen MR) is 111 cm³/mol. The second-order valence-corrected chi connectivity index (χ2v) is 6.38. The van der Waals surface area contributed by atoms with Gasteiger partial charge < -0.3 is 27.7 Å². The number of nitrogen functional groups attached to an aromatic ring is 1. The van der Waals surface area contributed by atoms with Gasteiger partial charge in [-0.05, 0) is 31.0 Å². The highest BCUT2D eigenvalue weighted by atomic mass is 19.2. The molecule has 0 saturated heterocycles. The summed E-state index contributed by atoms with van der Waals surface area (Å²) in [6, 6.07) is 6.62. The molecule has 2 aromatic rings. The highest BCUT2D eigenvalue weighted by Crippen LogP contribution is 2.26. The fourth-order valence-corrected chi connectivity index (χ4v) is 2.24. The van der Waals surface area contributed by atoms with Crippen LogP contribution in [0.5, 0.6) is 5.75 Å². The quantitative estimate of drug-likeness (QED) is 0.113. The molecule has 32 heavy (non-hydrogen) atoms. The van der Waals surface area contributed by atoms with Gasteiger partial charge in [0, 0.05) is 30.3 Å². The van der Waals surface area contributed by atoms with Gasteiger partial charge in [0.15, 0.2) is 29.1 Å². The Hall–Kier alpha value is -3.83. The molecule has 0 radical (unpaired) electrons. The summed E-state index contributed by atoms with van der Waals surface area (Å²) >= 11 is 0. The first-order chi connectivity index (χ1) is 15.0. The lowest BCUT2D eigenvalue weighted by Crippen LogP contribution is -2.23. The Morgan fingerprint density at radius 1 is 0.938 bits per heavy atom. The van der Waals surface area contributed by atoms with Crippen LogP contribution in [0.25, 0.3) is 0 Å². The minimum Gasteiger partial charge on any atom is -0.480 e. The van der Waals surface area contributed by atoms with Crippen LogP contribution in [0.1, 0.15) is 29.6 Å². The minimum atomic E-state index is -1.68. The molecule has 0 fully saturated rings. The molecule has 0 aliphatic carbocycles. The summed E-state index contributed by atoms with van der Waals surface area (Å²) in [4.78, 5) is 25.7. The monoisotopic (exact) mass is 457 g/mol. The maximum absolute atomic E-state index is 13.3. The van der Waals surface area contributed by atoms with E-state index in [4.69, 9.17) is 22.9 Å². The molecule has 8 N–H and O–H groups in total. The van der Waals surface area contributed by atoms with E-state index >= 15 is 0 Å². The Labute approximate surface area is 181 Å². The van der Waals surface area contributed by atoms with Crippen molar-refractivity contribution in [3.05, 3.63) is 59.2 Å². The van der Waals surface area contributed by atoms with Crippen molar-refractivity contribution < 1.29 is 31.9 Å². The molecule has 0 saturated carbocycles. The summed E-state index contributed by atoms with van der Waals surface area (Å²) in [5.41, 5.74) is 21.6. The molecule has 0 atom stereocenters. The maximum Gasteiger partial charge on any atom is 0.248 e. The third kappa shape index (κ3) is 8.90. The molecule has 2 rings (SSSR count). The molecule has 8 nitrogen and oxygen atoms in total. The van der Waals surface area contributed by atoms with Crippen LogP contribution in [0.15, 0.2) is 35.3 Å². The number of amides is 1. The van der Waals surface area contributed by atoms with Gasteiger partial charge in [0.05, 0.1) is 0 Å². The van der Waals surface area contributed by atoms with Gasteiger partial charge in [-0.2, -0.15) is 8.78 Å². The van der Waals surface area contributed by atoms with Crippen molar-refractivity contribution in [3.8, 4) is 5.75 Å². The van der Waals surface area contributed by atoms with Gasteiger partial charge in [-0.15, -0.1) is 0 Å². The van der Waals surface area contributed by atoms with Crippen molar-refractivity contribution >= 4 is 23.3 Å².